The Bertz CT molecular complexity index is 725. The van der Waals surface area contributed by atoms with Crippen molar-refractivity contribution < 1.29 is 4.79 Å². The summed E-state index contributed by atoms with van der Waals surface area (Å²) >= 11 is 2.99. The van der Waals surface area contributed by atoms with Crippen LogP contribution in [0.3, 0.4) is 0 Å². The molecule has 2 aromatic carbocycles. The summed E-state index contributed by atoms with van der Waals surface area (Å²) in [5.41, 5.74) is 3.11. The summed E-state index contributed by atoms with van der Waals surface area (Å²) in [6, 6.07) is 18.0. The van der Waals surface area contributed by atoms with E-state index in [1.165, 1.54) is 17.3 Å². The van der Waals surface area contributed by atoms with Crippen molar-refractivity contribution in [3.8, 4) is 11.1 Å². The van der Waals surface area contributed by atoms with Crippen LogP contribution in [0.25, 0.3) is 11.1 Å². The van der Waals surface area contributed by atoms with Gasteiger partial charge in [-0.15, -0.1) is 11.3 Å². The van der Waals surface area contributed by atoms with Gasteiger partial charge >= 0.3 is 0 Å². The second-order valence-electron chi connectivity index (χ2n) is 4.58. The van der Waals surface area contributed by atoms with Crippen LogP contribution in [-0.4, -0.2) is 16.6 Å². The Morgan fingerprint density at radius 2 is 1.77 bits per heavy atom. The lowest BCUT2D eigenvalue weighted by molar-refractivity contribution is -0.113. The summed E-state index contributed by atoms with van der Waals surface area (Å²) < 4.78 is 0.912. The number of carbonyl (C=O) groups excluding carboxylic acids is 1. The molecule has 1 aromatic heterocycles. The number of aromatic nitrogens is 1. The SMILES string of the molecule is O=C(CSc1nccs1)Nc1ccc(-c2ccccc2)cc1. The van der Waals surface area contributed by atoms with Crippen LogP contribution < -0.4 is 5.32 Å². The smallest absolute Gasteiger partial charge is 0.234 e. The van der Waals surface area contributed by atoms with Gasteiger partial charge in [0.25, 0.3) is 0 Å². The third kappa shape index (κ3) is 3.96. The molecule has 0 aliphatic carbocycles. The fraction of sp³-hybridized carbons (Fsp3) is 0.0588. The van der Waals surface area contributed by atoms with Gasteiger partial charge in [-0.05, 0) is 23.3 Å². The normalized spacial score (nSPS) is 10.4. The van der Waals surface area contributed by atoms with Gasteiger partial charge in [-0.3, -0.25) is 4.79 Å². The van der Waals surface area contributed by atoms with Gasteiger partial charge < -0.3 is 5.32 Å². The maximum Gasteiger partial charge on any atom is 0.234 e. The van der Waals surface area contributed by atoms with Gasteiger partial charge in [0.2, 0.25) is 5.91 Å². The summed E-state index contributed by atoms with van der Waals surface area (Å²) in [6.07, 6.45) is 1.74. The Morgan fingerprint density at radius 1 is 1.05 bits per heavy atom. The van der Waals surface area contributed by atoms with Crippen LogP contribution in [-0.2, 0) is 4.79 Å². The van der Waals surface area contributed by atoms with E-state index in [9.17, 15) is 4.79 Å². The van der Waals surface area contributed by atoms with Gasteiger partial charge in [-0.1, -0.05) is 54.2 Å². The van der Waals surface area contributed by atoms with Crippen LogP contribution in [0.1, 0.15) is 0 Å². The molecule has 0 spiro atoms. The molecule has 0 saturated heterocycles. The highest BCUT2D eigenvalue weighted by molar-refractivity contribution is 8.01. The third-order valence-electron chi connectivity index (χ3n) is 3.01. The van der Waals surface area contributed by atoms with Crippen molar-refractivity contribution in [1.82, 2.24) is 4.98 Å². The van der Waals surface area contributed by atoms with E-state index in [-0.39, 0.29) is 5.91 Å². The fourth-order valence-electron chi connectivity index (χ4n) is 1.98. The maximum atomic E-state index is 11.9. The minimum absolute atomic E-state index is 0.0207. The van der Waals surface area contributed by atoms with Gasteiger partial charge in [0.1, 0.15) is 4.34 Å². The second-order valence-corrected chi connectivity index (χ2v) is 6.70. The molecule has 3 aromatic rings. The quantitative estimate of drug-likeness (QED) is 0.700. The van der Waals surface area contributed by atoms with Crippen LogP contribution in [0, 0.1) is 0 Å². The molecule has 1 amide bonds. The highest BCUT2D eigenvalue weighted by atomic mass is 32.2. The first-order valence-corrected chi connectivity index (χ1v) is 8.65. The molecular formula is C17H14N2OS2. The Labute approximate surface area is 137 Å². The summed E-state index contributed by atoms with van der Waals surface area (Å²) in [5.74, 6) is 0.348. The molecule has 3 rings (SSSR count). The van der Waals surface area contributed by atoms with E-state index in [0.717, 1.165) is 15.6 Å². The standard InChI is InChI=1S/C17H14N2OS2/c20-16(12-22-17-18-10-11-21-17)19-15-8-6-14(7-9-15)13-4-2-1-3-5-13/h1-11H,12H2,(H,19,20). The maximum absolute atomic E-state index is 11.9. The molecule has 5 heteroatoms. The number of carbonyl (C=O) groups is 1. The number of amides is 1. The first kappa shape index (κ1) is 14.8. The molecule has 1 heterocycles. The predicted molar refractivity (Wildman–Crippen MR) is 93.3 cm³/mol. The summed E-state index contributed by atoms with van der Waals surface area (Å²) in [6.45, 7) is 0. The van der Waals surface area contributed by atoms with Crippen molar-refractivity contribution in [3.63, 3.8) is 0 Å². The van der Waals surface area contributed by atoms with E-state index in [4.69, 9.17) is 0 Å². The van der Waals surface area contributed by atoms with Crippen LogP contribution >= 0.6 is 23.1 Å². The first-order chi connectivity index (χ1) is 10.8. The van der Waals surface area contributed by atoms with Crippen LogP contribution in [0.2, 0.25) is 0 Å². The lowest BCUT2D eigenvalue weighted by atomic mass is 10.1. The number of anilines is 1. The van der Waals surface area contributed by atoms with Crippen LogP contribution in [0.15, 0.2) is 70.5 Å². The van der Waals surface area contributed by atoms with Gasteiger partial charge in [0, 0.05) is 17.3 Å². The first-order valence-electron chi connectivity index (χ1n) is 6.79. The van der Waals surface area contributed by atoms with E-state index in [1.54, 1.807) is 17.5 Å². The minimum atomic E-state index is -0.0207. The molecular weight excluding hydrogens is 312 g/mol. The van der Waals surface area contributed by atoms with Gasteiger partial charge in [0.15, 0.2) is 0 Å². The van der Waals surface area contributed by atoms with Crippen LogP contribution in [0.4, 0.5) is 5.69 Å². The molecule has 0 atom stereocenters. The molecule has 0 aliphatic heterocycles. The summed E-state index contributed by atoms with van der Waals surface area (Å²) in [7, 11) is 0. The van der Waals surface area contributed by atoms with Crippen molar-refractivity contribution in [2.24, 2.45) is 0 Å². The molecule has 0 bridgehead atoms. The minimum Gasteiger partial charge on any atom is -0.325 e. The van der Waals surface area contributed by atoms with Gasteiger partial charge in [-0.2, -0.15) is 0 Å². The summed E-state index contributed by atoms with van der Waals surface area (Å²) in [5, 5.41) is 4.81. The van der Waals surface area contributed by atoms with E-state index in [0.29, 0.717) is 5.75 Å². The van der Waals surface area contributed by atoms with E-state index >= 15 is 0 Å². The molecule has 0 radical (unpaired) electrons. The number of hydrogen-bond donors (Lipinski definition) is 1. The number of thioether (sulfide) groups is 1. The lowest BCUT2D eigenvalue weighted by Gasteiger charge is -2.06. The van der Waals surface area contributed by atoms with Gasteiger partial charge in [-0.25, -0.2) is 4.98 Å². The van der Waals surface area contributed by atoms with Crippen molar-refractivity contribution in [2.45, 2.75) is 4.34 Å². The van der Waals surface area contributed by atoms with Crippen molar-refractivity contribution >= 4 is 34.7 Å². The zero-order valence-corrected chi connectivity index (χ0v) is 13.4. The Kier molecular flexibility index (Phi) is 4.88. The molecule has 22 heavy (non-hydrogen) atoms. The zero-order chi connectivity index (χ0) is 15.2. The van der Waals surface area contributed by atoms with E-state index < -0.39 is 0 Å². The third-order valence-corrected chi connectivity index (χ3v) is 4.98. The molecule has 0 saturated carbocycles. The highest BCUT2D eigenvalue weighted by Crippen LogP contribution is 2.22. The molecule has 3 nitrogen and oxygen atoms in total. The number of hydrogen-bond acceptors (Lipinski definition) is 4. The number of benzene rings is 2. The Morgan fingerprint density at radius 3 is 2.45 bits per heavy atom. The molecule has 0 aliphatic rings. The zero-order valence-electron chi connectivity index (χ0n) is 11.7. The highest BCUT2D eigenvalue weighted by Gasteiger charge is 2.05. The largest absolute Gasteiger partial charge is 0.325 e. The second kappa shape index (κ2) is 7.24. The molecule has 0 unspecified atom stereocenters. The molecule has 110 valence electrons. The predicted octanol–water partition coefficient (Wildman–Crippen LogP) is 4.54. The Balaban J connectivity index is 1.58. The van der Waals surface area contributed by atoms with E-state index in [1.807, 2.05) is 47.8 Å². The number of nitrogens with zero attached hydrogens (tertiary/aromatic N) is 1. The Hall–Kier alpha value is -2.11. The topological polar surface area (TPSA) is 42.0 Å². The summed E-state index contributed by atoms with van der Waals surface area (Å²) in [4.78, 5) is 16.0. The fourth-order valence-corrected chi connectivity index (χ4v) is 3.42. The average molecular weight is 326 g/mol. The lowest BCUT2D eigenvalue weighted by Crippen LogP contribution is -2.13. The molecule has 0 fully saturated rings. The number of rotatable bonds is 5. The monoisotopic (exact) mass is 326 g/mol. The van der Waals surface area contributed by atoms with Crippen molar-refractivity contribution in [3.05, 3.63) is 66.2 Å². The number of thiazole rings is 1. The van der Waals surface area contributed by atoms with Crippen molar-refractivity contribution in [1.29, 1.82) is 0 Å². The average Bonchev–Trinajstić information content (AvgIpc) is 3.08. The number of nitrogens with one attached hydrogen (secondary N) is 1. The van der Waals surface area contributed by atoms with E-state index in [2.05, 4.69) is 22.4 Å². The van der Waals surface area contributed by atoms with Crippen LogP contribution in [0.5, 0.6) is 0 Å². The molecule has 1 N–H and O–H groups in total. The van der Waals surface area contributed by atoms with Crippen molar-refractivity contribution in [2.75, 3.05) is 11.1 Å². The van der Waals surface area contributed by atoms with Gasteiger partial charge in [0.05, 0.1) is 5.75 Å².